The third-order valence-corrected chi connectivity index (χ3v) is 8.12. The molecule has 1 amide bonds. The van der Waals surface area contributed by atoms with Gasteiger partial charge in [0, 0.05) is 48.9 Å². The Kier molecular flexibility index (Phi) is 8.13. The van der Waals surface area contributed by atoms with E-state index in [1.165, 1.54) is 0 Å². The van der Waals surface area contributed by atoms with Crippen LogP contribution >= 0.6 is 0 Å². The van der Waals surface area contributed by atoms with Crippen molar-refractivity contribution in [1.82, 2.24) is 20.0 Å². The van der Waals surface area contributed by atoms with Crippen LogP contribution in [0.25, 0.3) is 6.08 Å². The number of alkyl halides is 1. The zero-order valence-electron chi connectivity index (χ0n) is 24.7. The van der Waals surface area contributed by atoms with Crippen molar-refractivity contribution in [3.8, 4) is 5.75 Å². The van der Waals surface area contributed by atoms with Crippen LogP contribution in [0.15, 0.2) is 89.9 Å². The standard InChI is InChI=1S/C35H37FN4O3/c1-35(2,22-39-13-12-29(36)21-39)23-43-31-10-8-25-14-27(15-26(25)16-31)32-17-30(9-11-33(32)41)38-34(42)28-18-37-40(20-28)19-24-6-4-3-5-7-24/h3-10,15-18,20,29H,11-14,19,21-23H2,1-2H3,(H,38,42)/t29-/m1/s1. The van der Waals surface area contributed by atoms with Gasteiger partial charge in [-0.1, -0.05) is 62.4 Å². The Morgan fingerprint density at radius 1 is 1.16 bits per heavy atom. The Morgan fingerprint density at radius 2 is 2.00 bits per heavy atom. The zero-order valence-corrected chi connectivity index (χ0v) is 24.7. The molecule has 1 aliphatic heterocycles. The van der Waals surface area contributed by atoms with E-state index in [2.05, 4.69) is 35.2 Å². The maximum absolute atomic E-state index is 13.6. The van der Waals surface area contributed by atoms with E-state index in [-0.39, 0.29) is 23.5 Å². The number of nitrogens with zero attached hydrogens (tertiary/aromatic N) is 3. The number of likely N-dealkylation sites (tertiary alicyclic amines) is 1. The summed E-state index contributed by atoms with van der Waals surface area (Å²) in [5, 5.41) is 7.27. The fraction of sp³-hybridized carbons (Fsp3) is 0.343. The molecule has 1 N–H and O–H groups in total. The van der Waals surface area contributed by atoms with E-state index in [0.29, 0.717) is 49.4 Å². The molecule has 0 unspecified atom stereocenters. The molecule has 2 aromatic carbocycles. The normalized spacial score (nSPS) is 18.6. The number of aromatic nitrogens is 2. The van der Waals surface area contributed by atoms with Gasteiger partial charge in [0.05, 0.1) is 24.9 Å². The monoisotopic (exact) mass is 580 g/mol. The molecule has 2 heterocycles. The second-order valence-electron chi connectivity index (χ2n) is 12.5. The van der Waals surface area contributed by atoms with Gasteiger partial charge >= 0.3 is 0 Å². The van der Waals surface area contributed by atoms with Gasteiger partial charge in [-0.05, 0) is 53.3 Å². The summed E-state index contributed by atoms with van der Waals surface area (Å²) in [6.45, 7) is 7.49. The molecule has 1 fully saturated rings. The van der Waals surface area contributed by atoms with Gasteiger partial charge in [-0.25, -0.2) is 4.39 Å². The van der Waals surface area contributed by atoms with Crippen LogP contribution in [0.4, 0.5) is 4.39 Å². The number of benzene rings is 2. The molecule has 1 aromatic heterocycles. The number of nitrogens with one attached hydrogen (secondary N) is 1. The molecule has 222 valence electrons. The molecular weight excluding hydrogens is 543 g/mol. The molecule has 3 aliphatic rings. The summed E-state index contributed by atoms with van der Waals surface area (Å²) in [6, 6.07) is 16.0. The van der Waals surface area contributed by atoms with Crippen molar-refractivity contribution in [2.45, 2.75) is 45.8 Å². The first-order valence-corrected chi connectivity index (χ1v) is 14.9. The van der Waals surface area contributed by atoms with E-state index in [0.717, 1.165) is 41.1 Å². The molecule has 1 atom stereocenters. The lowest BCUT2D eigenvalue weighted by molar-refractivity contribution is -0.114. The molecule has 1 saturated heterocycles. The summed E-state index contributed by atoms with van der Waals surface area (Å²) in [5.74, 6) is 0.542. The minimum Gasteiger partial charge on any atom is -0.493 e. The summed E-state index contributed by atoms with van der Waals surface area (Å²) in [5.41, 5.74) is 5.77. The van der Waals surface area contributed by atoms with Gasteiger partial charge in [-0.3, -0.25) is 19.2 Å². The van der Waals surface area contributed by atoms with Crippen LogP contribution in [0.5, 0.6) is 5.75 Å². The van der Waals surface area contributed by atoms with Crippen LogP contribution in [0.2, 0.25) is 0 Å². The molecule has 0 radical (unpaired) electrons. The third-order valence-electron chi connectivity index (χ3n) is 8.12. The number of carbonyl (C=O) groups excluding carboxylic acids is 2. The number of ether oxygens (including phenoxy) is 1. The van der Waals surface area contributed by atoms with E-state index in [1.807, 2.05) is 48.5 Å². The number of carbonyl (C=O) groups is 2. The highest BCUT2D eigenvalue weighted by atomic mass is 19.1. The number of allylic oxidation sites excluding steroid dienone is 4. The van der Waals surface area contributed by atoms with Gasteiger partial charge in [0.1, 0.15) is 11.9 Å². The highest BCUT2D eigenvalue weighted by molar-refractivity contribution is 6.04. The molecule has 3 aromatic rings. The average molecular weight is 581 g/mol. The Morgan fingerprint density at radius 3 is 2.79 bits per heavy atom. The van der Waals surface area contributed by atoms with Crippen molar-refractivity contribution < 1.29 is 18.7 Å². The van der Waals surface area contributed by atoms with Crippen LogP contribution in [0, 0.1) is 5.41 Å². The first-order chi connectivity index (χ1) is 20.7. The molecule has 7 nitrogen and oxygen atoms in total. The highest BCUT2D eigenvalue weighted by Crippen LogP contribution is 2.34. The van der Waals surface area contributed by atoms with Crippen molar-refractivity contribution in [1.29, 1.82) is 0 Å². The number of halogens is 1. The van der Waals surface area contributed by atoms with Gasteiger partial charge in [-0.2, -0.15) is 5.10 Å². The molecule has 0 saturated carbocycles. The lowest BCUT2D eigenvalue weighted by atomic mass is 9.93. The first-order valence-electron chi connectivity index (χ1n) is 14.9. The Bertz CT molecular complexity index is 1620. The molecule has 6 rings (SSSR count). The van der Waals surface area contributed by atoms with Crippen LogP contribution in [-0.2, 0) is 17.8 Å². The minimum atomic E-state index is -0.723. The molecule has 8 heteroatoms. The quantitative estimate of drug-likeness (QED) is 0.341. The third kappa shape index (κ3) is 7.03. The molecule has 0 bridgehead atoms. The molecule has 43 heavy (non-hydrogen) atoms. The number of rotatable bonds is 10. The van der Waals surface area contributed by atoms with Crippen LogP contribution in [-0.4, -0.2) is 58.8 Å². The van der Waals surface area contributed by atoms with E-state index >= 15 is 0 Å². The maximum atomic E-state index is 13.6. The first kappa shape index (κ1) is 28.8. The van der Waals surface area contributed by atoms with Crippen molar-refractivity contribution >= 4 is 17.8 Å². The number of hydrogen-bond acceptors (Lipinski definition) is 5. The zero-order chi connectivity index (χ0) is 30.0. The largest absolute Gasteiger partial charge is 0.493 e. The van der Waals surface area contributed by atoms with Gasteiger partial charge in [0.2, 0.25) is 0 Å². The van der Waals surface area contributed by atoms with Gasteiger partial charge in [-0.15, -0.1) is 0 Å². The van der Waals surface area contributed by atoms with Crippen LogP contribution in [0.1, 0.15) is 53.7 Å². The second kappa shape index (κ2) is 12.1. The number of amides is 1. The van der Waals surface area contributed by atoms with Crippen molar-refractivity contribution in [3.63, 3.8) is 0 Å². The number of Topliss-reactive ketones (excluding diaryl/α,β-unsaturated/α-hetero) is 1. The van der Waals surface area contributed by atoms with Crippen molar-refractivity contribution in [3.05, 3.63) is 112 Å². The summed E-state index contributed by atoms with van der Waals surface area (Å²) >= 11 is 0. The lowest BCUT2D eigenvalue weighted by Gasteiger charge is -2.30. The SMILES string of the molecule is CC(C)(COc1ccc2c(c1)C=C(C1=CC(NC(=O)c3cnn(Cc4ccccc4)c3)=CCC1=O)C2)CN1CC[C@@H](F)C1. The van der Waals surface area contributed by atoms with Gasteiger partial charge in [0.25, 0.3) is 5.91 Å². The summed E-state index contributed by atoms with van der Waals surface area (Å²) < 4.78 is 21.5. The number of hydrogen-bond donors (Lipinski definition) is 1. The summed E-state index contributed by atoms with van der Waals surface area (Å²) in [6.07, 6.45) is 9.61. The summed E-state index contributed by atoms with van der Waals surface area (Å²) in [4.78, 5) is 28.1. The fourth-order valence-electron chi connectivity index (χ4n) is 5.94. The Labute approximate surface area is 251 Å². The highest BCUT2D eigenvalue weighted by Gasteiger charge is 2.29. The van der Waals surface area contributed by atoms with Crippen LogP contribution < -0.4 is 10.1 Å². The van der Waals surface area contributed by atoms with E-state index in [4.69, 9.17) is 4.74 Å². The van der Waals surface area contributed by atoms with E-state index in [1.54, 1.807) is 29.2 Å². The molecular formula is C35H37FN4O3. The van der Waals surface area contributed by atoms with Gasteiger partial charge < -0.3 is 10.1 Å². The summed E-state index contributed by atoms with van der Waals surface area (Å²) in [7, 11) is 0. The topological polar surface area (TPSA) is 76.5 Å². The molecule has 2 aliphatic carbocycles. The number of ketones is 1. The van der Waals surface area contributed by atoms with Crippen LogP contribution in [0.3, 0.4) is 0 Å². The van der Waals surface area contributed by atoms with E-state index in [9.17, 15) is 14.0 Å². The van der Waals surface area contributed by atoms with E-state index < -0.39 is 6.17 Å². The van der Waals surface area contributed by atoms with Crippen molar-refractivity contribution in [2.24, 2.45) is 5.41 Å². The average Bonchev–Trinajstić information content (AvgIpc) is 3.73. The second-order valence-corrected chi connectivity index (χ2v) is 12.5. The molecule has 0 spiro atoms. The predicted molar refractivity (Wildman–Crippen MR) is 164 cm³/mol. The fourth-order valence-corrected chi connectivity index (χ4v) is 5.94. The maximum Gasteiger partial charge on any atom is 0.258 e. The minimum absolute atomic E-state index is 0.0309. The van der Waals surface area contributed by atoms with Crippen molar-refractivity contribution in [2.75, 3.05) is 26.2 Å². The number of fused-ring (bicyclic) bond motifs is 1. The Hall–Kier alpha value is -4.30. The van der Waals surface area contributed by atoms with Gasteiger partial charge in [0.15, 0.2) is 5.78 Å². The lowest BCUT2D eigenvalue weighted by Crippen LogP contribution is -2.36. The smallest absolute Gasteiger partial charge is 0.258 e. The Balaban J connectivity index is 1.08. The predicted octanol–water partition coefficient (Wildman–Crippen LogP) is 5.53.